The van der Waals surface area contributed by atoms with Gasteiger partial charge in [-0.1, -0.05) is 5.16 Å². The van der Waals surface area contributed by atoms with E-state index in [4.69, 9.17) is 14.3 Å². The molecule has 2 aliphatic heterocycles. The van der Waals surface area contributed by atoms with E-state index in [9.17, 15) is 0 Å². The lowest BCUT2D eigenvalue weighted by molar-refractivity contribution is 0.00133. The average Bonchev–Trinajstić information content (AvgIpc) is 2.53. The summed E-state index contributed by atoms with van der Waals surface area (Å²) in [7, 11) is 1.67. The zero-order valence-electron chi connectivity index (χ0n) is 6.45. The van der Waals surface area contributed by atoms with E-state index >= 15 is 0 Å². The van der Waals surface area contributed by atoms with Crippen molar-refractivity contribution in [3.8, 4) is 0 Å². The van der Waals surface area contributed by atoms with E-state index in [1.165, 1.54) is 0 Å². The smallest absolute Gasteiger partial charge is 0.128 e. The van der Waals surface area contributed by atoms with Crippen molar-refractivity contribution in [2.75, 3.05) is 26.9 Å². The van der Waals surface area contributed by atoms with Gasteiger partial charge in [0.25, 0.3) is 0 Å². The van der Waals surface area contributed by atoms with Gasteiger partial charge in [0.1, 0.15) is 6.61 Å². The third-order valence-corrected chi connectivity index (χ3v) is 2.09. The van der Waals surface area contributed by atoms with Crippen molar-refractivity contribution in [1.29, 1.82) is 0 Å². The van der Waals surface area contributed by atoms with Crippen molar-refractivity contribution in [2.24, 2.45) is 11.1 Å². The monoisotopic (exact) mass is 157 g/mol. The highest BCUT2D eigenvalue weighted by atomic mass is 16.6. The Morgan fingerprint density at radius 1 is 1.73 bits per heavy atom. The molecule has 2 rings (SSSR count). The van der Waals surface area contributed by atoms with Crippen LogP contribution < -0.4 is 0 Å². The maximum absolute atomic E-state index is 5.42. The molecule has 0 unspecified atom stereocenters. The highest BCUT2D eigenvalue weighted by Crippen LogP contribution is 2.23. The third kappa shape index (κ3) is 1.12. The second-order valence-corrected chi connectivity index (χ2v) is 2.79. The zero-order chi connectivity index (χ0) is 7.68. The molecule has 0 aromatic rings. The Morgan fingerprint density at radius 2 is 2.64 bits per heavy atom. The minimum Gasteiger partial charge on any atom is -0.395 e. The van der Waals surface area contributed by atoms with E-state index in [-0.39, 0.29) is 6.10 Å². The van der Waals surface area contributed by atoms with Crippen molar-refractivity contribution < 1.29 is 14.3 Å². The van der Waals surface area contributed by atoms with Gasteiger partial charge in [0.2, 0.25) is 0 Å². The molecular weight excluding hydrogens is 146 g/mol. The van der Waals surface area contributed by atoms with E-state index < -0.39 is 0 Å². The SMILES string of the molecule is COC[C@H]1OCC2=NOC[C@@H]21. The fraction of sp³-hybridized carbons (Fsp3) is 0.857. The van der Waals surface area contributed by atoms with Gasteiger partial charge < -0.3 is 14.3 Å². The molecule has 2 atom stereocenters. The van der Waals surface area contributed by atoms with Crippen LogP contribution >= 0.6 is 0 Å². The Hall–Kier alpha value is -0.610. The van der Waals surface area contributed by atoms with E-state index in [1.54, 1.807) is 7.11 Å². The van der Waals surface area contributed by atoms with Crippen molar-refractivity contribution in [2.45, 2.75) is 6.10 Å². The third-order valence-electron chi connectivity index (χ3n) is 2.09. The minimum absolute atomic E-state index is 0.154. The molecule has 2 heterocycles. The van der Waals surface area contributed by atoms with Crippen molar-refractivity contribution >= 4 is 5.71 Å². The molecule has 0 spiro atoms. The summed E-state index contributed by atoms with van der Waals surface area (Å²) in [6, 6.07) is 0. The van der Waals surface area contributed by atoms with Crippen LogP contribution in [-0.4, -0.2) is 38.7 Å². The predicted octanol–water partition coefficient (Wildman–Crippen LogP) is 0.0340. The largest absolute Gasteiger partial charge is 0.395 e. The summed E-state index contributed by atoms with van der Waals surface area (Å²) < 4.78 is 10.4. The van der Waals surface area contributed by atoms with Gasteiger partial charge in [-0.3, -0.25) is 0 Å². The summed E-state index contributed by atoms with van der Waals surface area (Å²) >= 11 is 0. The van der Waals surface area contributed by atoms with Crippen LogP contribution in [0.1, 0.15) is 0 Å². The summed E-state index contributed by atoms with van der Waals surface area (Å²) in [6.45, 7) is 1.90. The number of hydrogen-bond acceptors (Lipinski definition) is 4. The molecule has 0 amide bonds. The molecule has 11 heavy (non-hydrogen) atoms. The molecule has 0 aromatic carbocycles. The van der Waals surface area contributed by atoms with Crippen LogP contribution in [0.4, 0.5) is 0 Å². The van der Waals surface area contributed by atoms with Crippen LogP contribution in [0.25, 0.3) is 0 Å². The topological polar surface area (TPSA) is 40.0 Å². The van der Waals surface area contributed by atoms with Crippen LogP contribution in [0.15, 0.2) is 5.16 Å². The van der Waals surface area contributed by atoms with Gasteiger partial charge in [-0.2, -0.15) is 0 Å². The normalized spacial score (nSPS) is 34.8. The Morgan fingerprint density at radius 3 is 3.45 bits per heavy atom. The van der Waals surface area contributed by atoms with Gasteiger partial charge in [-0.15, -0.1) is 0 Å². The van der Waals surface area contributed by atoms with Crippen LogP contribution in [0.2, 0.25) is 0 Å². The molecule has 62 valence electrons. The summed E-state index contributed by atoms with van der Waals surface area (Å²) in [4.78, 5) is 4.94. The highest BCUT2D eigenvalue weighted by Gasteiger charge is 2.38. The molecule has 1 fully saturated rings. The minimum atomic E-state index is 0.154. The summed E-state index contributed by atoms with van der Waals surface area (Å²) in [5.41, 5.74) is 1.03. The Kier molecular flexibility index (Phi) is 1.79. The summed E-state index contributed by atoms with van der Waals surface area (Å²) in [5, 5.41) is 3.87. The van der Waals surface area contributed by atoms with Crippen molar-refractivity contribution in [1.82, 2.24) is 0 Å². The lowest BCUT2D eigenvalue weighted by Gasteiger charge is -2.11. The standard InChI is InChI=1S/C7H11NO3/c1-9-4-7-5-2-11-8-6(5)3-10-7/h5,7H,2-4H2,1H3/t5-,7+/m0/s1. The molecule has 0 aliphatic carbocycles. The first-order chi connectivity index (χ1) is 5.42. The molecule has 0 aromatic heterocycles. The molecule has 4 nitrogen and oxygen atoms in total. The molecule has 1 saturated heterocycles. The van der Waals surface area contributed by atoms with Gasteiger partial charge >= 0.3 is 0 Å². The number of oxime groups is 1. The maximum atomic E-state index is 5.42. The molecule has 0 saturated carbocycles. The summed E-state index contributed by atoms with van der Waals surface area (Å²) in [5.74, 6) is 0.343. The zero-order valence-corrected chi connectivity index (χ0v) is 6.45. The number of methoxy groups -OCH3 is 1. The molecule has 2 aliphatic rings. The second kappa shape index (κ2) is 2.79. The molecule has 0 radical (unpaired) electrons. The van der Waals surface area contributed by atoms with E-state index in [0.29, 0.717) is 25.7 Å². The lowest BCUT2D eigenvalue weighted by atomic mass is 10.0. The average molecular weight is 157 g/mol. The van der Waals surface area contributed by atoms with E-state index in [0.717, 1.165) is 5.71 Å². The predicted molar refractivity (Wildman–Crippen MR) is 38.5 cm³/mol. The van der Waals surface area contributed by atoms with Gasteiger partial charge in [0.15, 0.2) is 0 Å². The molecule has 0 N–H and O–H groups in total. The molecule has 4 heteroatoms. The van der Waals surface area contributed by atoms with Gasteiger partial charge in [0.05, 0.1) is 30.9 Å². The lowest BCUT2D eigenvalue weighted by Crippen LogP contribution is -2.25. The maximum Gasteiger partial charge on any atom is 0.128 e. The first-order valence-electron chi connectivity index (χ1n) is 3.71. The van der Waals surface area contributed by atoms with Crippen molar-refractivity contribution in [3.05, 3.63) is 0 Å². The first kappa shape index (κ1) is 7.06. The Balaban J connectivity index is 2.00. The van der Waals surface area contributed by atoms with Crippen LogP contribution in [0, 0.1) is 5.92 Å². The number of ether oxygens (including phenoxy) is 2. The fourth-order valence-electron chi connectivity index (χ4n) is 1.46. The summed E-state index contributed by atoms with van der Waals surface area (Å²) in [6.07, 6.45) is 0.154. The number of nitrogens with zero attached hydrogens (tertiary/aromatic N) is 1. The first-order valence-corrected chi connectivity index (χ1v) is 3.71. The second-order valence-electron chi connectivity index (χ2n) is 2.79. The van der Waals surface area contributed by atoms with Gasteiger partial charge in [-0.25, -0.2) is 0 Å². The van der Waals surface area contributed by atoms with E-state index in [2.05, 4.69) is 5.16 Å². The molecular formula is C7H11NO3. The van der Waals surface area contributed by atoms with Gasteiger partial charge in [-0.05, 0) is 0 Å². The number of fused-ring (bicyclic) bond motifs is 1. The Bertz CT molecular complexity index is 181. The quantitative estimate of drug-likeness (QED) is 0.568. The van der Waals surface area contributed by atoms with Gasteiger partial charge in [0, 0.05) is 7.11 Å². The van der Waals surface area contributed by atoms with Crippen LogP contribution in [0.3, 0.4) is 0 Å². The van der Waals surface area contributed by atoms with Crippen LogP contribution in [-0.2, 0) is 14.3 Å². The number of hydrogen-bond donors (Lipinski definition) is 0. The fourth-order valence-corrected chi connectivity index (χ4v) is 1.46. The van der Waals surface area contributed by atoms with E-state index in [1.807, 2.05) is 0 Å². The highest BCUT2D eigenvalue weighted by molar-refractivity contribution is 5.90. The van der Waals surface area contributed by atoms with Crippen LogP contribution in [0.5, 0.6) is 0 Å². The molecule has 0 bridgehead atoms. The number of rotatable bonds is 2. The Labute approximate surface area is 65.1 Å². The van der Waals surface area contributed by atoms with Crippen molar-refractivity contribution in [3.63, 3.8) is 0 Å².